The van der Waals surface area contributed by atoms with Gasteiger partial charge < -0.3 is 9.80 Å². The van der Waals surface area contributed by atoms with E-state index in [0.29, 0.717) is 0 Å². The average molecular weight is 392 g/mol. The molecule has 1 heterocycles. The second-order valence-corrected chi connectivity index (χ2v) is 8.90. The highest BCUT2D eigenvalue weighted by Gasteiger charge is 2.23. The number of anilines is 2. The van der Waals surface area contributed by atoms with Crippen molar-refractivity contribution in [2.45, 2.75) is 105 Å². The van der Waals surface area contributed by atoms with Crippen LogP contribution in [0.25, 0.3) is 0 Å². The summed E-state index contributed by atoms with van der Waals surface area (Å²) in [6.45, 7) is 19.6. The molecular formula is C23H45N5. The van der Waals surface area contributed by atoms with E-state index in [4.69, 9.17) is 15.0 Å². The van der Waals surface area contributed by atoms with Crippen LogP contribution >= 0.6 is 0 Å². The SMILES string of the molecule is CCCCN(CCCC)c1nc(N(CCCC)CCCC)nc(C(C)(C)C)n1. The molecule has 0 amide bonds. The van der Waals surface area contributed by atoms with E-state index in [1.165, 1.54) is 51.4 Å². The predicted molar refractivity (Wildman–Crippen MR) is 123 cm³/mol. The van der Waals surface area contributed by atoms with Crippen molar-refractivity contribution in [2.75, 3.05) is 36.0 Å². The van der Waals surface area contributed by atoms with E-state index in [2.05, 4.69) is 58.3 Å². The highest BCUT2D eigenvalue weighted by molar-refractivity contribution is 5.40. The second-order valence-electron chi connectivity index (χ2n) is 8.90. The zero-order valence-electron chi connectivity index (χ0n) is 19.7. The Bertz CT molecular complexity index is 484. The van der Waals surface area contributed by atoms with Gasteiger partial charge in [-0.25, -0.2) is 0 Å². The molecule has 0 radical (unpaired) electrons. The number of rotatable bonds is 14. The molecule has 1 aromatic rings. The van der Waals surface area contributed by atoms with Crippen LogP contribution in [0.4, 0.5) is 11.9 Å². The van der Waals surface area contributed by atoms with Crippen LogP contribution in [0.1, 0.15) is 106 Å². The minimum Gasteiger partial charge on any atom is -0.341 e. The molecule has 1 rings (SSSR count). The van der Waals surface area contributed by atoms with Gasteiger partial charge in [-0.1, -0.05) is 74.1 Å². The smallest absolute Gasteiger partial charge is 0.230 e. The number of aromatic nitrogens is 3. The summed E-state index contributed by atoms with van der Waals surface area (Å²) in [5.74, 6) is 2.65. The first-order chi connectivity index (χ1) is 13.4. The largest absolute Gasteiger partial charge is 0.341 e. The van der Waals surface area contributed by atoms with E-state index >= 15 is 0 Å². The van der Waals surface area contributed by atoms with Crippen molar-refractivity contribution in [1.82, 2.24) is 15.0 Å². The Balaban J connectivity index is 3.31. The third-order valence-corrected chi connectivity index (χ3v) is 4.97. The summed E-state index contributed by atoms with van der Waals surface area (Å²) in [5.41, 5.74) is -0.0885. The van der Waals surface area contributed by atoms with Gasteiger partial charge in [0.2, 0.25) is 11.9 Å². The van der Waals surface area contributed by atoms with Gasteiger partial charge in [-0.05, 0) is 25.7 Å². The predicted octanol–water partition coefficient (Wildman–Crippen LogP) is 5.98. The van der Waals surface area contributed by atoms with Crippen LogP contribution in [-0.2, 0) is 5.41 Å². The van der Waals surface area contributed by atoms with Crippen molar-refractivity contribution in [2.24, 2.45) is 0 Å². The molecule has 0 aliphatic carbocycles. The van der Waals surface area contributed by atoms with E-state index in [-0.39, 0.29) is 5.41 Å². The summed E-state index contributed by atoms with van der Waals surface area (Å²) < 4.78 is 0. The molecule has 0 unspecified atom stereocenters. The first-order valence-electron chi connectivity index (χ1n) is 11.6. The fourth-order valence-electron chi connectivity index (χ4n) is 2.99. The maximum absolute atomic E-state index is 4.99. The van der Waals surface area contributed by atoms with E-state index in [0.717, 1.165) is 43.9 Å². The van der Waals surface area contributed by atoms with E-state index < -0.39 is 0 Å². The molecule has 0 saturated carbocycles. The fraction of sp³-hybridized carbons (Fsp3) is 0.870. The van der Waals surface area contributed by atoms with Gasteiger partial charge in [-0.3, -0.25) is 0 Å². The zero-order valence-corrected chi connectivity index (χ0v) is 19.7. The molecule has 162 valence electrons. The molecule has 1 aromatic heterocycles. The summed E-state index contributed by atoms with van der Waals surface area (Å²) in [4.78, 5) is 19.6. The lowest BCUT2D eigenvalue weighted by Crippen LogP contribution is -2.33. The van der Waals surface area contributed by atoms with Gasteiger partial charge in [-0.15, -0.1) is 0 Å². The van der Waals surface area contributed by atoms with Crippen molar-refractivity contribution < 1.29 is 0 Å². The van der Waals surface area contributed by atoms with Gasteiger partial charge in [0, 0.05) is 31.6 Å². The molecule has 5 heteroatoms. The van der Waals surface area contributed by atoms with Crippen molar-refractivity contribution in [3.63, 3.8) is 0 Å². The van der Waals surface area contributed by atoms with Crippen molar-refractivity contribution in [3.05, 3.63) is 5.82 Å². The number of unbranched alkanes of at least 4 members (excludes halogenated alkanes) is 4. The molecule has 0 spiro atoms. The highest BCUT2D eigenvalue weighted by atomic mass is 15.3. The molecule has 5 nitrogen and oxygen atoms in total. The van der Waals surface area contributed by atoms with Gasteiger partial charge in [0.15, 0.2) is 0 Å². The Hall–Kier alpha value is -1.39. The van der Waals surface area contributed by atoms with Gasteiger partial charge in [0.05, 0.1) is 0 Å². The summed E-state index contributed by atoms with van der Waals surface area (Å²) >= 11 is 0. The Morgan fingerprint density at radius 3 is 1.14 bits per heavy atom. The average Bonchev–Trinajstić information content (AvgIpc) is 2.67. The maximum Gasteiger partial charge on any atom is 0.230 e. The number of nitrogens with zero attached hydrogens (tertiary/aromatic N) is 5. The lowest BCUT2D eigenvalue weighted by Gasteiger charge is -2.28. The molecule has 0 aliphatic heterocycles. The molecule has 0 atom stereocenters. The quantitative estimate of drug-likeness (QED) is 0.390. The Labute approximate surface area is 174 Å². The van der Waals surface area contributed by atoms with Crippen LogP contribution in [-0.4, -0.2) is 41.1 Å². The van der Waals surface area contributed by atoms with Crippen LogP contribution in [0.5, 0.6) is 0 Å². The number of hydrogen-bond acceptors (Lipinski definition) is 5. The summed E-state index contributed by atoms with van der Waals surface area (Å²) in [5, 5.41) is 0. The summed E-state index contributed by atoms with van der Waals surface area (Å²) in [6.07, 6.45) is 9.43. The van der Waals surface area contributed by atoms with Crippen molar-refractivity contribution >= 4 is 11.9 Å². The fourth-order valence-corrected chi connectivity index (χ4v) is 2.99. The van der Waals surface area contributed by atoms with Crippen LogP contribution in [0.3, 0.4) is 0 Å². The summed E-state index contributed by atoms with van der Waals surface area (Å²) in [6, 6.07) is 0. The molecule has 28 heavy (non-hydrogen) atoms. The minimum absolute atomic E-state index is 0.0885. The molecular weight excluding hydrogens is 346 g/mol. The van der Waals surface area contributed by atoms with Gasteiger partial charge in [-0.2, -0.15) is 15.0 Å². The third-order valence-electron chi connectivity index (χ3n) is 4.97. The van der Waals surface area contributed by atoms with Crippen LogP contribution in [0.2, 0.25) is 0 Å². The van der Waals surface area contributed by atoms with Crippen molar-refractivity contribution in [1.29, 1.82) is 0 Å². The molecule has 0 bridgehead atoms. The Morgan fingerprint density at radius 2 is 0.893 bits per heavy atom. The zero-order chi connectivity index (χ0) is 21.0. The normalized spacial score (nSPS) is 11.7. The van der Waals surface area contributed by atoms with Crippen LogP contribution in [0, 0.1) is 0 Å². The van der Waals surface area contributed by atoms with Gasteiger partial charge in [0.25, 0.3) is 0 Å². The van der Waals surface area contributed by atoms with E-state index in [1.54, 1.807) is 0 Å². The maximum atomic E-state index is 4.99. The Kier molecular flexibility index (Phi) is 11.4. The number of hydrogen-bond donors (Lipinski definition) is 0. The molecule has 0 aliphatic rings. The van der Waals surface area contributed by atoms with Crippen molar-refractivity contribution in [3.8, 4) is 0 Å². The highest BCUT2D eigenvalue weighted by Crippen LogP contribution is 2.24. The molecule has 0 aromatic carbocycles. The standard InChI is InChI=1S/C23H45N5/c1-8-12-16-27(17-13-9-2)21-24-20(23(5,6)7)25-22(26-21)28(18-14-10-3)19-15-11-4/h8-19H2,1-7H3. The lowest BCUT2D eigenvalue weighted by atomic mass is 9.96. The topological polar surface area (TPSA) is 45.2 Å². The lowest BCUT2D eigenvalue weighted by molar-refractivity contribution is 0.534. The van der Waals surface area contributed by atoms with Crippen LogP contribution < -0.4 is 9.80 Å². The Morgan fingerprint density at radius 1 is 0.571 bits per heavy atom. The first kappa shape index (κ1) is 24.6. The minimum atomic E-state index is -0.0885. The third kappa shape index (κ3) is 8.32. The van der Waals surface area contributed by atoms with Gasteiger partial charge >= 0.3 is 0 Å². The first-order valence-corrected chi connectivity index (χ1v) is 11.6. The van der Waals surface area contributed by atoms with Gasteiger partial charge in [0.1, 0.15) is 5.82 Å². The second kappa shape index (κ2) is 12.9. The molecule has 0 N–H and O–H groups in total. The van der Waals surface area contributed by atoms with E-state index in [9.17, 15) is 0 Å². The molecule has 0 fully saturated rings. The summed E-state index contributed by atoms with van der Waals surface area (Å²) in [7, 11) is 0. The monoisotopic (exact) mass is 391 g/mol. The molecule has 0 saturated heterocycles. The van der Waals surface area contributed by atoms with Crippen LogP contribution in [0.15, 0.2) is 0 Å². The van der Waals surface area contributed by atoms with E-state index in [1.807, 2.05) is 0 Å².